The fourth-order valence-corrected chi connectivity index (χ4v) is 6.83. The van der Waals surface area contributed by atoms with Crippen LogP contribution in [0.2, 0.25) is 0 Å². The summed E-state index contributed by atoms with van der Waals surface area (Å²) in [4.78, 5) is 6.67. The lowest BCUT2D eigenvalue weighted by atomic mass is 9.75. The van der Waals surface area contributed by atoms with E-state index in [2.05, 4.69) is 44.2 Å². The highest BCUT2D eigenvalue weighted by Crippen LogP contribution is 2.38. The van der Waals surface area contributed by atoms with Gasteiger partial charge in [0.25, 0.3) is 0 Å². The molecular formula is C27H46ClFN6O2. The Kier molecular flexibility index (Phi) is 10.4. The number of ether oxygens (including phenoxy) is 1. The summed E-state index contributed by atoms with van der Waals surface area (Å²) in [5, 5.41) is 23.9. The number of allylic oxidation sites excluding steroid dienone is 1. The maximum Gasteiger partial charge on any atom is 0.125 e. The van der Waals surface area contributed by atoms with Gasteiger partial charge >= 0.3 is 0 Å². The number of nitrogens with one attached hydrogen (secondary N) is 4. The monoisotopic (exact) mass is 540 g/mol. The minimum Gasteiger partial charge on any atom is -0.380 e. The Hall–Kier alpha value is -1.07. The number of aliphatic hydroxyl groups is 1. The van der Waals surface area contributed by atoms with Gasteiger partial charge in [0.05, 0.1) is 29.8 Å². The largest absolute Gasteiger partial charge is 0.380 e. The van der Waals surface area contributed by atoms with Gasteiger partial charge < -0.3 is 14.7 Å². The van der Waals surface area contributed by atoms with Gasteiger partial charge in [-0.05, 0) is 64.5 Å². The maximum absolute atomic E-state index is 15.0. The highest BCUT2D eigenvalue weighted by Gasteiger charge is 2.39. The normalized spacial score (nSPS) is 38.0. The molecule has 1 saturated carbocycles. The van der Waals surface area contributed by atoms with Gasteiger partial charge in [0.2, 0.25) is 0 Å². The van der Waals surface area contributed by atoms with Crippen LogP contribution in [0.3, 0.4) is 0 Å². The Morgan fingerprint density at radius 3 is 2.70 bits per heavy atom. The summed E-state index contributed by atoms with van der Waals surface area (Å²) in [6, 6.07) is 0.140. The lowest BCUT2D eigenvalue weighted by molar-refractivity contribution is -0.0211. The fourth-order valence-electron chi connectivity index (χ4n) is 6.40. The fraction of sp³-hybridized carbons (Fsp3) is 0.815. The minimum absolute atomic E-state index is 0.0282. The van der Waals surface area contributed by atoms with Gasteiger partial charge in [-0.25, -0.2) is 4.39 Å². The first kappa shape index (κ1) is 28.9. The number of methoxy groups -OCH3 is 1. The maximum atomic E-state index is 15.0. The molecule has 5 N–H and O–H groups in total. The van der Waals surface area contributed by atoms with Crippen molar-refractivity contribution in [3.05, 3.63) is 23.7 Å². The summed E-state index contributed by atoms with van der Waals surface area (Å²) in [5.74, 6) is 0.905. The van der Waals surface area contributed by atoms with Gasteiger partial charge in [0.15, 0.2) is 0 Å². The Labute approximate surface area is 226 Å². The number of aliphatic imine (C=N–C) groups is 1. The number of aliphatic hydroxyl groups excluding tert-OH is 1. The third kappa shape index (κ3) is 7.53. The van der Waals surface area contributed by atoms with Crippen molar-refractivity contribution >= 4 is 17.3 Å². The molecule has 2 heterocycles. The Morgan fingerprint density at radius 1 is 1.30 bits per heavy atom. The van der Waals surface area contributed by atoms with E-state index in [1.165, 1.54) is 0 Å². The molecule has 37 heavy (non-hydrogen) atoms. The van der Waals surface area contributed by atoms with Gasteiger partial charge in [-0.3, -0.25) is 26.3 Å². The molecule has 2 aliphatic heterocycles. The topological polar surface area (TPSA) is 93.2 Å². The quantitative estimate of drug-likeness (QED) is 0.226. The number of nitrogens with zero attached hydrogens (tertiary/aromatic N) is 2. The van der Waals surface area contributed by atoms with Crippen LogP contribution in [-0.4, -0.2) is 92.1 Å². The molecule has 2 fully saturated rings. The summed E-state index contributed by atoms with van der Waals surface area (Å²) >= 11 is 6.78. The van der Waals surface area contributed by atoms with Gasteiger partial charge in [0.1, 0.15) is 18.3 Å². The molecule has 0 aromatic carbocycles. The standard InChI is InChI=1S/C27H46ClFN6O2/c1-16-14-35(15-17(2)33-16)23-8-7-21(11-22(23)29)34-27-31-12-18(13-32-27)5-6-19-9-20(26(36)30-3)10-24(37-4)25(19)28/h7-8,16,18-21,24-27,30-32,34,36H,5-6,9-15H2,1-4H3/t16?,18?,19?,20?,21?,24-,25?,26?,27?/m1/s1. The van der Waals surface area contributed by atoms with Gasteiger partial charge in [-0.2, -0.15) is 0 Å². The molecule has 0 amide bonds. The Morgan fingerprint density at radius 2 is 2.05 bits per heavy atom. The summed E-state index contributed by atoms with van der Waals surface area (Å²) in [5.41, 5.74) is 1.75. The zero-order valence-corrected chi connectivity index (χ0v) is 23.5. The molecule has 0 radical (unpaired) electrons. The lowest BCUT2D eigenvalue weighted by Crippen LogP contribution is -2.61. The van der Waals surface area contributed by atoms with E-state index in [0.717, 1.165) is 51.0 Å². The molecule has 0 aromatic rings. The molecule has 4 rings (SSSR count). The lowest BCUT2D eigenvalue weighted by Gasteiger charge is -2.41. The molecular weight excluding hydrogens is 495 g/mol. The van der Waals surface area contributed by atoms with Crippen LogP contribution in [0.5, 0.6) is 0 Å². The number of hydrogen-bond donors (Lipinski definition) is 5. The SMILES string of the molecule is CNC(O)C1CC(CCC2CNC(NC3C=CC(N4CC(C)=NC(C)C4)=C(F)C3)NC2)C(Cl)[C@H](OC)C1. The molecule has 0 aromatic heterocycles. The highest BCUT2D eigenvalue weighted by molar-refractivity contribution is 6.21. The summed E-state index contributed by atoms with van der Waals surface area (Å²) in [6.45, 7) is 7.32. The van der Waals surface area contributed by atoms with E-state index in [9.17, 15) is 5.11 Å². The molecule has 0 spiro atoms. The van der Waals surface area contributed by atoms with E-state index >= 15 is 4.39 Å². The van der Waals surface area contributed by atoms with Gasteiger partial charge in [0, 0.05) is 50.8 Å². The van der Waals surface area contributed by atoms with Crippen LogP contribution in [0.1, 0.15) is 46.0 Å². The van der Waals surface area contributed by atoms with Crippen molar-refractivity contribution in [2.75, 3.05) is 40.3 Å². The van der Waals surface area contributed by atoms with E-state index in [1.807, 2.05) is 13.0 Å². The summed E-state index contributed by atoms with van der Waals surface area (Å²) in [6.07, 6.45) is 7.50. The van der Waals surface area contributed by atoms with E-state index in [-0.39, 0.29) is 41.6 Å². The molecule has 8 nitrogen and oxygen atoms in total. The Bertz CT molecular complexity index is 849. The van der Waals surface area contributed by atoms with E-state index < -0.39 is 6.23 Å². The molecule has 7 atom stereocenters. The summed E-state index contributed by atoms with van der Waals surface area (Å²) < 4.78 is 20.7. The van der Waals surface area contributed by atoms with Crippen molar-refractivity contribution in [1.82, 2.24) is 26.2 Å². The minimum atomic E-state index is -0.528. The van der Waals surface area contributed by atoms with Crippen LogP contribution >= 0.6 is 11.6 Å². The second-order valence-electron chi connectivity index (χ2n) is 11.4. The van der Waals surface area contributed by atoms with Crippen LogP contribution in [0, 0.1) is 17.8 Å². The van der Waals surface area contributed by atoms with Crippen molar-refractivity contribution in [2.24, 2.45) is 22.7 Å². The van der Waals surface area contributed by atoms with Crippen molar-refractivity contribution in [2.45, 2.75) is 82.0 Å². The first-order chi connectivity index (χ1) is 17.8. The first-order valence-electron chi connectivity index (χ1n) is 13.9. The predicted molar refractivity (Wildman–Crippen MR) is 147 cm³/mol. The van der Waals surface area contributed by atoms with Crippen molar-refractivity contribution in [3.8, 4) is 0 Å². The number of hydrogen-bond acceptors (Lipinski definition) is 8. The van der Waals surface area contributed by atoms with Crippen molar-refractivity contribution in [1.29, 1.82) is 0 Å². The van der Waals surface area contributed by atoms with Crippen LogP contribution in [-0.2, 0) is 4.74 Å². The smallest absolute Gasteiger partial charge is 0.125 e. The molecule has 10 heteroatoms. The zero-order chi connectivity index (χ0) is 26.5. The summed E-state index contributed by atoms with van der Waals surface area (Å²) in [7, 11) is 3.50. The molecule has 0 bridgehead atoms. The highest BCUT2D eigenvalue weighted by atomic mass is 35.5. The van der Waals surface area contributed by atoms with Crippen LogP contribution in [0.25, 0.3) is 0 Å². The molecule has 1 saturated heterocycles. The van der Waals surface area contributed by atoms with E-state index in [4.69, 9.17) is 16.3 Å². The van der Waals surface area contributed by atoms with E-state index in [0.29, 0.717) is 30.5 Å². The van der Waals surface area contributed by atoms with Crippen LogP contribution in [0.15, 0.2) is 28.7 Å². The van der Waals surface area contributed by atoms with Crippen LogP contribution < -0.4 is 21.3 Å². The van der Waals surface area contributed by atoms with Crippen LogP contribution in [0.4, 0.5) is 4.39 Å². The predicted octanol–water partition coefficient (Wildman–Crippen LogP) is 2.31. The van der Waals surface area contributed by atoms with Gasteiger partial charge in [-0.1, -0.05) is 6.08 Å². The number of halogens is 2. The van der Waals surface area contributed by atoms with Crippen molar-refractivity contribution in [3.63, 3.8) is 0 Å². The second kappa shape index (κ2) is 13.3. The second-order valence-corrected chi connectivity index (χ2v) is 11.9. The Balaban J connectivity index is 1.20. The third-order valence-electron chi connectivity index (χ3n) is 8.39. The average molecular weight is 541 g/mol. The molecule has 6 unspecified atom stereocenters. The average Bonchev–Trinajstić information content (AvgIpc) is 2.88. The van der Waals surface area contributed by atoms with E-state index in [1.54, 1.807) is 14.2 Å². The molecule has 2 aliphatic carbocycles. The molecule has 4 aliphatic rings. The first-order valence-corrected chi connectivity index (χ1v) is 14.3. The zero-order valence-electron chi connectivity index (χ0n) is 22.7. The third-order valence-corrected chi connectivity index (χ3v) is 9.03. The number of alkyl halides is 1. The van der Waals surface area contributed by atoms with Crippen molar-refractivity contribution < 1.29 is 14.2 Å². The molecule has 210 valence electrons. The number of rotatable bonds is 9. The van der Waals surface area contributed by atoms with Gasteiger partial charge in [-0.15, -0.1) is 11.6 Å².